The standard InChI is InChI=1S/C23H19N3O3/c1-15-6-11-21(29-2)20(12-15)26-23(28)18-9-7-17(8-10-18)22(27)25-19-5-3-4-16(13-19)14-24/h3-13H,1-2H3,(H,25,27)(H,26,28). The van der Waals surface area contributed by atoms with Crippen LogP contribution in [0.1, 0.15) is 31.8 Å². The molecule has 6 heteroatoms. The zero-order chi connectivity index (χ0) is 20.8. The molecule has 3 rings (SSSR count). The molecule has 0 atom stereocenters. The van der Waals surface area contributed by atoms with E-state index >= 15 is 0 Å². The van der Waals surface area contributed by atoms with E-state index in [0.717, 1.165) is 5.56 Å². The third kappa shape index (κ3) is 4.79. The highest BCUT2D eigenvalue weighted by atomic mass is 16.5. The van der Waals surface area contributed by atoms with Crippen molar-refractivity contribution in [3.05, 3.63) is 89.0 Å². The van der Waals surface area contributed by atoms with E-state index < -0.39 is 0 Å². The number of ether oxygens (including phenoxy) is 1. The Morgan fingerprint density at radius 1 is 0.897 bits per heavy atom. The summed E-state index contributed by atoms with van der Waals surface area (Å²) in [6.07, 6.45) is 0. The van der Waals surface area contributed by atoms with E-state index in [9.17, 15) is 9.59 Å². The molecule has 0 saturated carbocycles. The van der Waals surface area contributed by atoms with E-state index in [-0.39, 0.29) is 11.8 Å². The van der Waals surface area contributed by atoms with E-state index in [0.29, 0.717) is 33.8 Å². The minimum absolute atomic E-state index is 0.303. The highest BCUT2D eigenvalue weighted by molar-refractivity contribution is 6.07. The first-order chi connectivity index (χ1) is 14.0. The maximum absolute atomic E-state index is 12.5. The number of carbonyl (C=O) groups excluding carboxylic acids is 2. The number of aryl methyl sites for hydroxylation is 1. The van der Waals surface area contributed by atoms with Crippen molar-refractivity contribution in [2.24, 2.45) is 0 Å². The second-order valence-electron chi connectivity index (χ2n) is 6.38. The maximum Gasteiger partial charge on any atom is 0.255 e. The molecule has 0 bridgehead atoms. The summed E-state index contributed by atoms with van der Waals surface area (Å²) in [5.74, 6) is -0.0606. The normalized spacial score (nSPS) is 9.97. The summed E-state index contributed by atoms with van der Waals surface area (Å²) in [6.45, 7) is 1.93. The lowest BCUT2D eigenvalue weighted by Crippen LogP contribution is -2.15. The fraction of sp³-hybridized carbons (Fsp3) is 0.0870. The largest absolute Gasteiger partial charge is 0.495 e. The van der Waals surface area contributed by atoms with Crippen molar-refractivity contribution in [3.8, 4) is 11.8 Å². The molecule has 0 aliphatic heterocycles. The lowest BCUT2D eigenvalue weighted by molar-refractivity contribution is 0.101. The van der Waals surface area contributed by atoms with Crippen LogP contribution < -0.4 is 15.4 Å². The summed E-state index contributed by atoms with van der Waals surface area (Å²) in [7, 11) is 1.54. The van der Waals surface area contributed by atoms with Crippen LogP contribution in [0.5, 0.6) is 5.75 Å². The van der Waals surface area contributed by atoms with Crippen molar-refractivity contribution in [1.29, 1.82) is 5.26 Å². The first-order valence-electron chi connectivity index (χ1n) is 8.87. The lowest BCUT2D eigenvalue weighted by atomic mass is 10.1. The van der Waals surface area contributed by atoms with Gasteiger partial charge in [-0.05, 0) is 67.1 Å². The minimum atomic E-state index is -0.326. The van der Waals surface area contributed by atoms with E-state index in [1.54, 1.807) is 61.7 Å². The van der Waals surface area contributed by atoms with Crippen molar-refractivity contribution in [1.82, 2.24) is 0 Å². The Labute approximate surface area is 168 Å². The molecule has 0 fully saturated rings. The summed E-state index contributed by atoms with van der Waals surface area (Å²) in [4.78, 5) is 24.9. The first-order valence-corrected chi connectivity index (χ1v) is 8.87. The predicted molar refractivity (Wildman–Crippen MR) is 111 cm³/mol. The van der Waals surface area contributed by atoms with Crippen molar-refractivity contribution in [2.75, 3.05) is 17.7 Å². The van der Waals surface area contributed by atoms with Crippen molar-refractivity contribution in [2.45, 2.75) is 6.92 Å². The van der Waals surface area contributed by atoms with Crippen molar-refractivity contribution < 1.29 is 14.3 Å². The van der Waals surface area contributed by atoms with E-state index in [2.05, 4.69) is 10.6 Å². The van der Waals surface area contributed by atoms with Crippen LogP contribution in [0.15, 0.2) is 66.7 Å². The summed E-state index contributed by atoms with van der Waals surface area (Å²) in [5.41, 5.74) is 3.38. The average molecular weight is 385 g/mol. The fourth-order valence-electron chi connectivity index (χ4n) is 2.76. The Balaban J connectivity index is 1.71. The predicted octanol–water partition coefficient (Wildman–Crippen LogP) is 4.38. The number of nitrogens with one attached hydrogen (secondary N) is 2. The molecule has 0 aliphatic rings. The molecule has 0 aromatic heterocycles. The molecule has 3 aromatic rings. The molecule has 3 aromatic carbocycles. The number of methoxy groups -OCH3 is 1. The maximum atomic E-state index is 12.5. The van der Waals surface area contributed by atoms with Crippen molar-refractivity contribution in [3.63, 3.8) is 0 Å². The Bertz CT molecular complexity index is 1100. The SMILES string of the molecule is COc1ccc(C)cc1NC(=O)c1ccc(C(=O)Nc2cccc(C#N)c2)cc1. The smallest absolute Gasteiger partial charge is 0.255 e. The lowest BCUT2D eigenvalue weighted by Gasteiger charge is -2.11. The molecular formula is C23H19N3O3. The van der Waals surface area contributed by atoms with Gasteiger partial charge in [-0.3, -0.25) is 9.59 Å². The van der Waals surface area contributed by atoms with Gasteiger partial charge in [0.1, 0.15) is 5.75 Å². The van der Waals surface area contributed by atoms with Crippen LogP contribution in [0.2, 0.25) is 0 Å². The Morgan fingerprint density at radius 2 is 1.55 bits per heavy atom. The molecule has 6 nitrogen and oxygen atoms in total. The molecule has 0 heterocycles. The number of nitrogens with zero attached hydrogens (tertiary/aromatic N) is 1. The van der Waals surface area contributed by atoms with Crippen LogP contribution >= 0.6 is 0 Å². The number of nitriles is 1. The van der Waals surface area contributed by atoms with E-state index in [4.69, 9.17) is 10.00 Å². The van der Waals surface area contributed by atoms with E-state index in [1.807, 2.05) is 25.1 Å². The molecule has 0 saturated heterocycles. The van der Waals surface area contributed by atoms with Gasteiger partial charge >= 0.3 is 0 Å². The minimum Gasteiger partial charge on any atom is -0.495 e. The van der Waals surface area contributed by atoms with Crippen LogP contribution in [-0.4, -0.2) is 18.9 Å². The number of carbonyl (C=O) groups is 2. The van der Waals surface area contributed by atoms with Crippen LogP contribution in [0.4, 0.5) is 11.4 Å². The van der Waals surface area contributed by atoms with Crippen molar-refractivity contribution >= 4 is 23.2 Å². The highest BCUT2D eigenvalue weighted by Crippen LogP contribution is 2.25. The van der Waals surface area contributed by atoms with Gasteiger partial charge < -0.3 is 15.4 Å². The molecular weight excluding hydrogens is 366 g/mol. The number of anilines is 2. The van der Waals surface area contributed by atoms with Gasteiger partial charge in [-0.15, -0.1) is 0 Å². The fourth-order valence-corrected chi connectivity index (χ4v) is 2.76. The topological polar surface area (TPSA) is 91.2 Å². The number of rotatable bonds is 5. The van der Waals surface area contributed by atoms with Gasteiger partial charge in [-0.1, -0.05) is 12.1 Å². The summed E-state index contributed by atoms with van der Waals surface area (Å²) in [5, 5.41) is 14.5. The monoisotopic (exact) mass is 385 g/mol. The molecule has 2 amide bonds. The quantitative estimate of drug-likeness (QED) is 0.682. The van der Waals surface area contributed by atoms with E-state index in [1.165, 1.54) is 0 Å². The second kappa shape index (κ2) is 8.72. The number of amides is 2. The molecule has 0 aliphatic carbocycles. The van der Waals surface area contributed by atoms with Gasteiger partial charge in [-0.25, -0.2) is 0 Å². The van der Waals surface area contributed by atoms with Gasteiger partial charge in [0.15, 0.2) is 0 Å². The second-order valence-corrected chi connectivity index (χ2v) is 6.38. The van der Waals surface area contributed by atoms with Crippen LogP contribution in [-0.2, 0) is 0 Å². The molecule has 0 radical (unpaired) electrons. The zero-order valence-corrected chi connectivity index (χ0v) is 16.0. The van der Waals surface area contributed by atoms with Gasteiger partial charge in [0.05, 0.1) is 24.4 Å². The Kier molecular flexibility index (Phi) is 5.91. The molecule has 2 N–H and O–H groups in total. The molecule has 29 heavy (non-hydrogen) atoms. The summed E-state index contributed by atoms with van der Waals surface area (Å²) >= 11 is 0. The third-order valence-corrected chi connectivity index (χ3v) is 4.26. The van der Waals surface area contributed by atoms with Gasteiger partial charge in [0.2, 0.25) is 0 Å². The van der Waals surface area contributed by atoms with Gasteiger partial charge in [0.25, 0.3) is 11.8 Å². The summed E-state index contributed by atoms with van der Waals surface area (Å²) in [6, 6.07) is 20.5. The van der Waals surface area contributed by atoms with Gasteiger partial charge in [-0.2, -0.15) is 5.26 Å². The number of hydrogen-bond donors (Lipinski definition) is 2. The zero-order valence-electron chi connectivity index (χ0n) is 16.0. The first kappa shape index (κ1) is 19.6. The summed E-state index contributed by atoms with van der Waals surface area (Å²) < 4.78 is 5.27. The molecule has 144 valence electrons. The molecule has 0 spiro atoms. The Morgan fingerprint density at radius 3 is 2.17 bits per heavy atom. The van der Waals surface area contributed by atoms with Crippen LogP contribution in [0.25, 0.3) is 0 Å². The van der Waals surface area contributed by atoms with Gasteiger partial charge in [0, 0.05) is 16.8 Å². The Hall–Kier alpha value is -4.11. The van der Waals surface area contributed by atoms with Crippen LogP contribution in [0.3, 0.4) is 0 Å². The number of hydrogen-bond acceptors (Lipinski definition) is 4. The third-order valence-electron chi connectivity index (χ3n) is 4.26. The van der Waals surface area contributed by atoms with Crippen LogP contribution in [0, 0.1) is 18.3 Å². The average Bonchev–Trinajstić information content (AvgIpc) is 2.74. The molecule has 0 unspecified atom stereocenters. The highest BCUT2D eigenvalue weighted by Gasteiger charge is 2.12. The number of benzene rings is 3.